The fourth-order valence-electron chi connectivity index (χ4n) is 2.42. The van der Waals surface area contributed by atoms with Gasteiger partial charge in [0.15, 0.2) is 0 Å². The van der Waals surface area contributed by atoms with Gasteiger partial charge in [-0.1, -0.05) is 51.7 Å². The molecule has 0 bridgehead atoms. The fourth-order valence-corrected chi connectivity index (χ4v) is 3.74. The van der Waals surface area contributed by atoms with Crippen LogP contribution in [0.15, 0.2) is 24.3 Å². The van der Waals surface area contributed by atoms with E-state index in [4.69, 9.17) is 4.52 Å². The van der Waals surface area contributed by atoms with E-state index < -0.39 is 25.2 Å². The molecule has 1 atom stereocenters. The van der Waals surface area contributed by atoms with E-state index in [2.05, 4.69) is 0 Å². The summed E-state index contributed by atoms with van der Waals surface area (Å²) in [7, 11) is -4.37. The second-order valence-corrected chi connectivity index (χ2v) is 7.67. The van der Waals surface area contributed by atoms with Crippen LogP contribution in [0.2, 0.25) is 0 Å². The lowest BCUT2D eigenvalue weighted by atomic mass is 10.2. The number of para-hydroxylation sites is 1. The molecule has 1 unspecified atom stereocenters. The molecule has 1 aromatic carbocycles. The summed E-state index contributed by atoms with van der Waals surface area (Å²) < 4.78 is 58.1. The number of benzene rings is 1. The normalized spacial score (nSPS) is 14.5. The van der Waals surface area contributed by atoms with E-state index in [0.29, 0.717) is 25.9 Å². The van der Waals surface area contributed by atoms with E-state index in [1.54, 1.807) is 0 Å². The predicted octanol–water partition coefficient (Wildman–Crippen LogP) is 5.87. The first kappa shape index (κ1) is 22.0. The molecule has 0 amide bonds. The summed E-state index contributed by atoms with van der Waals surface area (Å²) >= 11 is 0. The topological polar surface area (TPSA) is 49.8 Å². The largest absolute Gasteiger partial charge is 0.458 e. The van der Waals surface area contributed by atoms with Gasteiger partial charge in [-0.15, -0.1) is 0 Å². The summed E-state index contributed by atoms with van der Waals surface area (Å²) in [5.74, 6) is -0.614. The Balaban J connectivity index is 2.95. The summed E-state index contributed by atoms with van der Waals surface area (Å²) in [5.41, 5.74) is -1.05. The molecule has 0 heterocycles. The van der Waals surface area contributed by atoms with Crippen LogP contribution >= 0.6 is 7.75 Å². The van der Waals surface area contributed by atoms with Crippen LogP contribution < -0.4 is 4.52 Å². The van der Waals surface area contributed by atoms with Gasteiger partial charge in [0.1, 0.15) is 5.75 Å². The minimum Gasteiger partial charge on any atom is -0.413 e. The van der Waals surface area contributed by atoms with Gasteiger partial charge in [-0.2, -0.15) is 17.8 Å². The molecule has 0 radical (unpaired) electrons. The summed E-state index contributed by atoms with van der Waals surface area (Å²) in [6.45, 7) is 4.66. The average Bonchev–Trinajstić information content (AvgIpc) is 2.52. The van der Waals surface area contributed by atoms with E-state index in [1.807, 2.05) is 13.8 Å². The van der Waals surface area contributed by atoms with E-state index in [9.17, 15) is 22.6 Å². The van der Waals surface area contributed by atoms with Gasteiger partial charge in [0, 0.05) is 13.1 Å². The molecule has 1 rings (SSSR count). The summed E-state index contributed by atoms with van der Waals surface area (Å²) in [4.78, 5) is 10.3. The molecule has 4 nitrogen and oxygen atoms in total. The van der Waals surface area contributed by atoms with E-state index in [-0.39, 0.29) is 0 Å². The van der Waals surface area contributed by atoms with Crippen molar-refractivity contribution in [2.45, 2.75) is 58.5 Å². The second kappa shape index (κ2) is 10.2. The SMILES string of the molecule is CCCCCN(CCCCC)P(=O)(O)Oc1ccccc1C(F)(F)F. The minimum absolute atomic E-state index is 0.319. The third kappa shape index (κ3) is 7.38. The lowest BCUT2D eigenvalue weighted by molar-refractivity contribution is -0.138. The maximum Gasteiger partial charge on any atom is 0.458 e. The number of alkyl halides is 3. The van der Waals surface area contributed by atoms with Crippen molar-refractivity contribution >= 4 is 7.75 Å². The monoisotopic (exact) mass is 381 g/mol. The Bertz CT molecular complexity index is 556. The average molecular weight is 381 g/mol. The Morgan fingerprint density at radius 1 is 1.04 bits per heavy atom. The summed E-state index contributed by atoms with van der Waals surface area (Å²) in [6.07, 6.45) is 0.375. The Morgan fingerprint density at radius 3 is 2.04 bits per heavy atom. The van der Waals surface area contributed by atoms with E-state index in [0.717, 1.165) is 37.8 Å². The van der Waals surface area contributed by atoms with Crippen molar-refractivity contribution in [2.75, 3.05) is 13.1 Å². The molecular formula is C17H27F3NO3P. The minimum atomic E-state index is -4.65. The van der Waals surface area contributed by atoms with Crippen molar-refractivity contribution in [3.63, 3.8) is 0 Å². The zero-order chi connectivity index (χ0) is 18.9. The van der Waals surface area contributed by atoms with Gasteiger partial charge in [-0.05, 0) is 25.0 Å². The Hall–Kier alpha value is -1.04. The number of rotatable bonds is 11. The molecule has 144 valence electrons. The Morgan fingerprint density at radius 2 is 1.56 bits per heavy atom. The van der Waals surface area contributed by atoms with Gasteiger partial charge in [0.05, 0.1) is 5.56 Å². The highest BCUT2D eigenvalue weighted by atomic mass is 31.2. The third-order valence-electron chi connectivity index (χ3n) is 3.81. The summed E-state index contributed by atoms with van der Waals surface area (Å²) in [5, 5.41) is 0. The van der Waals surface area contributed by atoms with Crippen LogP contribution in [0.4, 0.5) is 13.2 Å². The van der Waals surface area contributed by atoms with Crippen LogP contribution in [0.5, 0.6) is 5.75 Å². The van der Waals surface area contributed by atoms with Crippen LogP contribution in [0.3, 0.4) is 0 Å². The second-order valence-electron chi connectivity index (χ2n) is 5.94. The van der Waals surface area contributed by atoms with E-state index >= 15 is 0 Å². The van der Waals surface area contributed by atoms with Crippen LogP contribution in [0, 0.1) is 0 Å². The van der Waals surface area contributed by atoms with Crippen molar-refractivity contribution in [3.8, 4) is 5.75 Å². The molecule has 0 aliphatic carbocycles. The van der Waals surface area contributed by atoms with Crippen LogP contribution in [-0.2, 0) is 10.7 Å². The zero-order valence-electron chi connectivity index (χ0n) is 14.8. The van der Waals surface area contributed by atoms with Crippen LogP contribution in [0.25, 0.3) is 0 Å². The maximum absolute atomic E-state index is 13.1. The summed E-state index contributed by atoms with van der Waals surface area (Å²) in [6, 6.07) is 4.48. The van der Waals surface area contributed by atoms with Crippen LogP contribution in [-0.4, -0.2) is 22.7 Å². The molecule has 0 spiro atoms. The smallest absolute Gasteiger partial charge is 0.413 e. The molecule has 25 heavy (non-hydrogen) atoms. The standard InChI is InChI=1S/C17H27F3NO3P/c1-3-5-9-13-21(14-10-6-4-2)25(22,23)24-16-12-8-7-11-15(16)17(18,19)20/h7-8,11-12H,3-6,9-10,13-14H2,1-2H3,(H,22,23). The van der Waals surface area contributed by atoms with Crippen molar-refractivity contribution < 1.29 is 27.2 Å². The molecule has 0 fully saturated rings. The number of hydrogen-bond acceptors (Lipinski definition) is 2. The molecule has 0 aliphatic rings. The molecule has 0 saturated carbocycles. The first-order valence-electron chi connectivity index (χ1n) is 8.66. The van der Waals surface area contributed by atoms with Gasteiger partial charge in [0.2, 0.25) is 0 Å². The Labute approximate surface area is 147 Å². The number of nitrogens with zero attached hydrogens (tertiary/aromatic N) is 1. The predicted molar refractivity (Wildman–Crippen MR) is 92.5 cm³/mol. The molecular weight excluding hydrogens is 354 g/mol. The lowest BCUT2D eigenvalue weighted by Crippen LogP contribution is -2.26. The van der Waals surface area contributed by atoms with Crippen molar-refractivity contribution in [3.05, 3.63) is 29.8 Å². The van der Waals surface area contributed by atoms with E-state index in [1.165, 1.54) is 16.8 Å². The first-order valence-corrected chi connectivity index (χ1v) is 10.2. The zero-order valence-corrected chi connectivity index (χ0v) is 15.7. The number of unbranched alkanes of at least 4 members (excludes halogenated alkanes) is 4. The van der Waals surface area contributed by atoms with Crippen molar-refractivity contribution in [1.82, 2.24) is 4.67 Å². The van der Waals surface area contributed by atoms with Gasteiger partial charge >= 0.3 is 13.9 Å². The Kier molecular flexibility index (Phi) is 8.97. The molecule has 0 saturated heterocycles. The number of hydrogen-bond donors (Lipinski definition) is 1. The van der Waals surface area contributed by atoms with Gasteiger partial charge in [0.25, 0.3) is 0 Å². The highest BCUT2D eigenvalue weighted by Gasteiger charge is 2.38. The van der Waals surface area contributed by atoms with Gasteiger partial charge in [-0.3, -0.25) is 0 Å². The molecule has 0 aliphatic heterocycles. The third-order valence-corrected chi connectivity index (χ3v) is 5.36. The molecule has 1 N–H and O–H groups in total. The van der Waals surface area contributed by atoms with Crippen molar-refractivity contribution in [1.29, 1.82) is 0 Å². The highest BCUT2D eigenvalue weighted by molar-refractivity contribution is 7.50. The number of halogens is 3. The van der Waals surface area contributed by atoms with Gasteiger partial charge < -0.3 is 9.42 Å². The fraction of sp³-hybridized carbons (Fsp3) is 0.647. The first-order chi connectivity index (χ1) is 11.7. The quantitative estimate of drug-likeness (QED) is 0.385. The van der Waals surface area contributed by atoms with Crippen molar-refractivity contribution in [2.24, 2.45) is 0 Å². The molecule has 0 aromatic heterocycles. The lowest BCUT2D eigenvalue weighted by Gasteiger charge is -2.27. The maximum atomic E-state index is 13.1. The molecule has 8 heteroatoms. The highest BCUT2D eigenvalue weighted by Crippen LogP contribution is 2.49. The van der Waals surface area contributed by atoms with Gasteiger partial charge in [-0.25, -0.2) is 4.57 Å². The molecule has 1 aromatic rings. The van der Waals surface area contributed by atoms with Crippen LogP contribution in [0.1, 0.15) is 57.9 Å².